The highest BCUT2D eigenvalue weighted by Gasteiger charge is 2.32. The third-order valence-corrected chi connectivity index (χ3v) is 19.0. The van der Waals surface area contributed by atoms with Crippen molar-refractivity contribution in [3.63, 3.8) is 0 Å². The Labute approximate surface area is 573 Å². The van der Waals surface area contributed by atoms with Gasteiger partial charge in [0.15, 0.2) is 0 Å². The number of aryl methyl sites for hydroxylation is 3. The second kappa shape index (κ2) is 26.9. The predicted octanol–water partition coefficient (Wildman–Crippen LogP) is 15.0. The molecule has 3 aromatic heterocycles. The first-order chi connectivity index (χ1) is 44.9. The van der Waals surface area contributed by atoms with Crippen LogP contribution in [0.2, 0.25) is 0 Å². The second-order valence-corrected chi connectivity index (χ2v) is 32.3. The van der Waals surface area contributed by atoms with Crippen LogP contribution in [-0.4, -0.2) is 113 Å². The van der Waals surface area contributed by atoms with E-state index in [1.807, 2.05) is 93.4 Å². The van der Waals surface area contributed by atoms with Crippen LogP contribution in [-0.2, 0) is 95.7 Å². The van der Waals surface area contributed by atoms with Crippen LogP contribution in [0.3, 0.4) is 0 Å². The van der Waals surface area contributed by atoms with Crippen LogP contribution in [0.1, 0.15) is 163 Å². The van der Waals surface area contributed by atoms with Crippen LogP contribution in [0.15, 0.2) is 110 Å². The van der Waals surface area contributed by atoms with E-state index in [0.717, 1.165) is 136 Å². The molecular weight excluding hydrogens is 1190 g/mol. The third-order valence-electron chi connectivity index (χ3n) is 19.0. The number of fused-ring (bicyclic) bond motifs is 12. The van der Waals surface area contributed by atoms with E-state index in [-0.39, 0.29) is 36.1 Å². The van der Waals surface area contributed by atoms with Crippen LogP contribution in [0.4, 0.5) is 17.1 Å². The molecule has 1 aliphatic carbocycles. The Bertz CT molecular complexity index is 3730. The van der Waals surface area contributed by atoms with Gasteiger partial charge in [-0.25, -0.2) is 15.0 Å². The van der Waals surface area contributed by atoms with Gasteiger partial charge in [-0.15, -0.1) is 0 Å². The zero-order chi connectivity index (χ0) is 69.8. The van der Waals surface area contributed by atoms with Gasteiger partial charge in [0.25, 0.3) is 0 Å². The van der Waals surface area contributed by atoms with Crippen molar-refractivity contribution in [2.75, 3.05) is 84.8 Å². The Balaban J connectivity index is 1.35. The van der Waals surface area contributed by atoms with Crippen molar-refractivity contribution in [1.29, 1.82) is 0 Å². The largest absolute Gasteiger partial charge is 0.496 e. The first-order valence-electron chi connectivity index (χ1n) is 33.7. The molecular formula is C81H108N9O6+3. The van der Waals surface area contributed by atoms with Gasteiger partial charge in [-0.3, -0.25) is 13.4 Å². The maximum atomic E-state index is 7.35. The minimum atomic E-state index is -0.247. The summed E-state index contributed by atoms with van der Waals surface area (Å²) < 4.78 is 50.4. The summed E-state index contributed by atoms with van der Waals surface area (Å²) >= 11 is 0. The number of nitrogens with zero attached hydrogens (tertiary/aromatic N) is 9. The van der Waals surface area contributed by atoms with Crippen LogP contribution < -0.4 is 41.9 Å². The van der Waals surface area contributed by atoms with Crippen LogP contribution >= 0.6 is 0 Å². The molecule has 0 radical (unpaired) electrons. The summed E-state index contributed by atoms with van der Waals surface area (Å²) in [7, 11) is 31.7. The van der Waals surface area contributed by atoms with E-state index in [9.17, 15) is 0 Å². The molecule has 0 saturated carbocycles. The van der Waals surface area contributed by atoms with Gasteiger partial charge in [0.2, 0.25) is 0 Å². The number of hydrogen-bond donors (Lipinski definition) is 0. The van der Waals surface area contributed by atoms with Gasteiger partial charge in [0.05, 0.1) is 84.8 Å². The highest BCUT2D eigenvalue weighted by Crippen LogP contribution is 2.47. The quantitative estimate of drug-likeness (QED) is 0.0927. The highest BCUT2D eigenvalue weighted by molar-refractivity contribution is 5.65. The first-order valence-corrected chi connectivity index (χ1v) is 33.7. The highest BCUT2D eigenvalue weighted by atomic mass is 16.5. The molecule has 3 heterocycles. The molecule has 12 bridgehead atoms. The van der Waals surface area contributed by atoms with Gasteiger partial charge < -0.3 is 42.1 Å². The molecule has 0 amide bonds. The Morgan fingerprint density at radius 3 is 0.646 bits per heavy atom. The molecule has 0 saturated heterocycles. The SMILES string of the molecule is COc1c2cc([N+](C)(C)C)cc1Cc1cc(C(C)(C)C)cc(c1OCc1nccn1C)Cc1cc([N+](C)(C)C)cc(c1OC)Cc1cc(C(C)(C)C)cc(c1OCc1nccn1C)Cc1cc([N+](C)(C)C)cc(c1OC)Cc1cc(C(C)(C)C)cc(c1OCc1nccn1C)C2. The molecule has 96 heavy (non-hydrogen) atoms. The van der Waals surface area contributed by atoms with Crippen molar-refractivity contribution in [2.45, 2.75) is 137 Å². The molecule has 10 rings (SSSR count). The van der Waals surface area contributed by atoms with Gasteiger partial charge in [0, 0.05) is 167 Å². The molecule has 0 unspecified atom stereocenters. The Morgan fingerprint density at radius 2 is 0.500 bits per heavy atom. The molecule has 1 aliphatic rings. The number of benzene rings is 6. The second-order valence-electron chi connectivity index (χ2n) is 32.3. The fourth-order valence-corrected chi connectivity index (χ4v) is 13.1. The minimum absolute atomic E-state index is 0.247. The number of imidazole rings is 3. The van der Waals surface area contributed by atoms with Gasteiger partial charge in [0.1, 0.15) is 88.9 Å². The van der Waals surface area contributed by atoms with Crippen molar-refractivity contribution in [3.8, 4) is 34.5 Å². The van der Waals surface area contributed by atoms with E-state index in [0.29, 0.717) is 52.0 Å². The number of ether oxygens (including phenoxy) is 6. The van der Waals surface area contributed by atoms with E-state index in [2.05, 4.69) is 199 Å². The van der Waals surface area contributed by atoms with E-state index in [4.69, 9.17) is 43.4 Å². The smallest absolute Gasteiger partial charge is 0.146 e. The summed E-state index contributed by atoms with van der Waals surface area (Å²) in [5.74, 6) is 7.36. The fraction of sp³-hybridized carbons (Fsp3) is 0.444. The van der Waals surface area contributed by atoms with Crippen molar-refractivity contribution < 1.29 is 28.4 Å². The molecule has 510 valence electrons. The minimum Gasteiger partial charge on any atom is -0.496 e. The Hall–Kier alpha value is -8.37. The van der Waals surface area contributed by atoms with Gasteiger partial charge in [-0.2, -0.15) is 0 Å². The molecule has 15 nitrogen and oxygen atoms in total. The Morgan fingerprint density at radius 1 is 0.312 bits per heavy atom. The summed E-state index contributed by atoms with van der Waals surface area (Å²) in [5.41, 5.74) is 18.8. The van der Waals surface area contributed by atoms with Crippen molar-refractivity contribution in [3.05, 3.63) is 211 Å². The van der Waals surface area contributed by atoms with E-state index in [1.54, 1.807) is 0 Å². The van der Waals surface area contributed by atoms with Crippen LogP contribution in [0.25, 0.3) is 0 Å². The summed E-state index contributed by atoms with van der Waals surface area (Å²) in [6, 6.07) is 28.2. The lowest BCUT2D eigenvalue weighted by Gasteiger charge is -2.29. The molecule has 0 aliphatic heterocycles. The molecule has 9 aromatic rings. The number of methoxy groups -OCH3 is 3. The van der Waals surface area contributed by atoms with Crippen molar-refractivity contribution >= 4 is 17.1 Å². The van der Waals surface area contributed by atoms with Crippen LogP contribution in [0.5, 0.6) is 34.5 Å². The maximum Gasteiger partial charge on any atom is 0.146 e. The van der Waals surface area contributed by atoms with Crippen molar-refractivity contribution in [2.24, 2.45) is 21.1 Å². The summed E-state index contributed by atoms with van der Waals surface area (Å²) in [6.45, 7) is 21.5. The number of aromatic nitrogens is 6. The number of quaternary nitrogens is 3. The average molecular weight is 1300 g/mol. The average Bonchev–Trinajstić information content (AvgIpc) is 0.801. The molecule has 6 aromatic carbocycles. The van der Waals surface area contributed by atoms with Gasteiger partial charge >= 0.3 is 0 Å². The molecule has 15 heteroatoms. The van der Waals surface area contributed by atoms with E-state index in [1.165, 1.54) is 16.7 Å². The standard InChI is InChI=1S/C81H108N9O6/c1-79(2,3)64-37-52-31-58-43-67(88(13,14)15)45-60(73(58)91-22)33-54-39-65(80(4,5)6)41-56(77(54)95-50-71-83-26-29-86(71)11)35-62-47-69(90(19,20)21)48-63(75(62)93-24)36-57-42-66(81(7,8)9)40-55(78(57)96-51-72-84-27-30-87(72)12)34-61-46-68(89(16,17)18)44-59(74(61)92-23)32-53(38-64)76(52)94-49-70-82-25-28-85(70)10/h25-30,37-48H,31-36,49-51H2,1-24H3/q+3. The topological polar surface area (TPSA) is 109 Å². The van der Waals surface area contributed by atoms with Gasteiger partial charge in [-0.05, 0) is 66.3 Å². The Kier molecular flexibility index (Phi) is 19.7. The van der Waals surface area contributed by atoms with Gasteiger partial charge in [-0.1, -0.05) is 98.7 Å². The monoisotopic (exact) mass is 1300 g/mol. The maximum absolute atomic E-state index is 7.35. The summed E-state index contributed by atoms with van der Waals surface area (Å²) in [5, 5.41) is 0. The number of hydrogen-bond acceptors (Lipinski definition) is 9. The van der Waals surface area contributed by atoms with E-state index < -0.39 is 0 Å². The summed E-state index contributed by atoms with van der Waals surface area (Å²) in [4.78, 5) is 14.4. The third kappa shape index (κ3) is 15.5. The molecule has 0 spiro atoms. The molecule has 0 fully saturated rings. The zero-order valence-corrected chi connectivity index (χ0v) is 62.2. The number of rotatable bonds is 15. The predicted molar refractivity (Wildman–Crippen MR) is 393 cm³/mol. The lowest BCUT2D eigenvalue weighted by molar-refractivity contribution is 0.286. The first kappa shape index (κ1) is 70.4. The summed E-state index contributed by atoms with van der Waals surface area (Å²) in [6.07, 6.45) is 14.5. The van der Waals surface area contributed by atoms with E-state index >= 15 is 0 Å². The molecule has 0 N–H and O–H groups in total. The van der Waals surface area contributed by atoms with Crippen LogP contribution in [0, 0.1) is 0 Å². The zero-order valence-electron chi connectivity index (χ0n) is 62.2. The lowest BCUT2D eigenvalue weighted by Crippen LogP contribution is -2.35. The fourth-order valence-electron chi connectivity index (χ4n) is 13.1. The van der Waals surface area contributed by atoms with Crippen molar-refractivity contribution in [1.82, 2.24) is 42.1 Å². The molecule has 0 atom stereocenters. The normalized spacial score (nSPS) is 13.5. The lowest BCUT2D eigenvalue weighted by atomic mass is 9.81.